The van der Waals surface area contributed by atoms with Crippen LogP contribution in [-0.2, 0) is 6.61 Å². The quantitative estimate of drug-likeness (QED) is 0.847. The first kappa shape index (κ1) is 15.5. The van der Waals surface area contributed by atoms with Gasteiger partial charge >= 0.3 is 0 Å². The summed E-state index contributed by atoms with van der Waals surface area (Å²) in [4.78, 5) is 0. The number of aromatic nitrogens is 2. The second kappa shape index (κ2) is 7.22. The maximum absolute atomic E-state index is 5.79. The van der Waals surface area contributed by atoms with Crippen LogP contribution in [0.5, 0.6) is 5.75 Å². The van der Waals surface area contributed by atoms with Crippen LogP contribution in [-0.4, -0.2) is 16.9 Å². The lowest BCUT2D eigenvalue weighted by Gasteiger charge is -2.16. The van der Waals surface area contributed by atoms with Crippen LogP contribution in [0.3, 0.4) is 0 Å². The number of nitrogens with zero attached hydrogens (tertiary/aromatic N) is 2. The molecule has 0 amide bonds. The Morgan fingerprint density at radius 3 is 2.71 bits per heavy atom. The zero-order valence-electron chi connectivity index (χ0n) is 13.1. The summed E-state index contributed by atoms with van der Waals surface area (Å²) in [7, 11) is 0. The second-order valence-corrected chi connectivity index (χ2v) is 5.29. The summed E-state index contributed by atoms with van der Waals surface area (Å²) >= 11 is 0. The highest BCUT2D eigenvalue weighted by Gasteiger charge is 2.09. The minimum Gasteiger partial charge on any atom is -0.487 e. The van der Waals surface area contributed by atoms with Crippen molar-refractivity contribution in [3.63, 3.8) is 0 Å². The van der Waals surface area contributed by atoms with Crippen molar-refractivity contribution in [1.29, 1.82) is 0 Å². The van der Waals surface area contributed by atoms with Crippen molar-refractivity contribution in [2.24, 2.45) is 0 Å². The molecule has 0 fully saturated rings. The van der Waals surface area contributed by atoms with Crippen molar-refractivity contribution in [3.05, 3.63) is 40.7 Å². The Hall–Kier alpha value is -1.88. The van der Waals surface area contributed by atoms with Gasteiger partial charge in [0.2, 0.25) is 0 Å². The number of nitrogens with one attached hydrogen (secondary N) is 1. The number of hydrogen-bond donors (Lipinski definition) is 1. The highest BCUT2D eigenvalue weighted by atomic mass is 16.6. The molecule has 2 aromatic rings. The Kier molecular flexibility index (Phi) is 5.33. The SMILES string of the molecule is CCCNC(C)c1ccc(OCc2nonc2C)c(C)c1. The topological polar surface area (TPSA) is 60.2 Å². The third kappa shape index (κ3) is 4.04. The average molecular weight is 289 g/mol. The summed E-state index contributed by atoms with van der Waals surface area (Å²) in [6.45, 7) is 9.65. The molecule has 1 atom stereocenters. The van der Waals surface area contributed by atoms with Crippen LogP contribution in [0.1, 0.15) is 48.8 Å². The van der Waals surface area contributed by atoms with E-state index >= 15 is 0 Å². The van der Waals surface area contributed by atoms with E-state index in [0.717, 1.165) is 35.7 Å². The summed E-state index contributed by atoms with van der Waals surface area (Å²) in [6, 6.07) is 6.62. The molecule has 1 heterocycles. The summed E-state index contributed by atoms with van der Waals surface area (Å²) in [6.07, 6.45) is 1.13. The monoisotopic (exact) mass is 289 g/mol. The third-order valence-electron chi connectivity index (χ3n) is 3.51. The predicted octanol–water partition coefficient (Wildman–Crippen LogP) is 3.33. The molecule has 21 heavy (non-hydrogen) atoms. The Labute approximate surface area is 125 Å². The van der Waals surface area contributed by atoms with Crippen LogP contribution in [0.15, 0.2) is 22.8 Å². The van der Waals surface area contributed by atoms with E-state index in [1.54, 1.807) is 0 Å². The zero-order chi connectivity index (χ0) is 15.2. The molecule has 0 saturated carbocycles. The van der Waals surface area contributed by atoms with E-state index in [9.17, 15) is 0 Å². The fourth-order valence-corrected chi connectivity index (χ4v) is 2.11. The van der Waals surface area contributed by atoms with Crippen molar-refractivity contribution >= 4 is 0 Å². The summed E-state index contributed by atoms with van der Waals surface area (Å²) < 4.78 is 10.5. The van der Waals surface area contributed by atoms with Gasteiger partial charge in [0.1, 0.15) is 23.7 Å². The minimum atomic E-state index is 0.347. The molecule has 0 spiro atoms. The molecule has 5 heteroatoms. The average Bonchev–Trinajstić information content (AvgIpc) is 2.88. The highest BCUT2D eigenvalue weighted by Crippen LogP contribution is 2.23. The maximum Gasteiger partial charge on any atom is 0.145 e. The van der Waals surface area contributed by atoms with E-state index in [2.05, 4.69) is 53.2 Å². The van der Waals surface area contributed by atoms with Crippen LogP contribution in [0, 0.1) is 13.8 Å². The molecule has 0 aliphatic carbocycles. The Morgan fingerprint density at radius 2 is 2.10 bits per heavy atom. The van der Waals surface area contributed by atoms with Gasteiger partial charge in [0, 0.05) is 6.04 Å². The fraction of sp³-hybridized carbons (Fsp3) is 0.500. The van der Waals surface area contributed by atoms with E-state index in [0.29, 0.717) is 12.6 Å². The summed E-state index contributed by atoms with van der Waals surface area (Å²) in [5.41, 5.74) is 3.89. The first-order chi connectivity index (χ1) is 10.1. The number of hydrogen-bond acceptors (Lipinski definition) is 5. The molecular formula is C16H23N3O2. The molecule has 1 N–H and O–H groups in total. The Balaban J connectivity index is 2.00. The Morgan fingerprint density at radius 1 is 1.29 bits per heavy atom. The number of ether oxygens (including phenoxy) is 1. The van der Waals surface area contributed by atoms with Crippen molar-refractivity contribution < 1.29 is 9.37 Å². The number of benzene rings is 1. The van der Waals surface area contributed by atoms with Crippen LogP contribution >= 0.6 is 0 Å². The molecular weight excluding hydrogens is 266 g/mol. The van der Waals surface area contributed by atoms with Gasteiger partial charge in [-0.2, -0.15) is 0 Å². The van der Waals surface area contributed by atoms with Crippen LogP contribution in [0.4, 0.5) is 0 Å². The standard InChI is InChI=1S/C16H23N3O2/c1-5-8-17-12(3)14-6-7-16(11(2)9-14)20-10-15-13(4)18-21-19-15/h6-7,9,12,17H,5,8,10H2,1-4H3. The molecule has 0 aliphatic heterocycles. The van der Waals surface area contributed by atoms with Crippen molar-refractivity contribution in [1.82, 2.24) is 15.6 Å². The van der Waals surface area contributed by atoms with Crippen molar-refractivity contribution in [3.8, 4) is 5.75 Å². The molecule has 1 aromatic carbocycles. The molecule has 2 rings (SSSR count). The third-order valence-corrected chi connectivity index (χ3v) is 3.51. The van der Waals surface area contributed by atoms with Crippen LogP contribution in [0.2, 0.25) is 0 Å². The van der Waals surface area contributed by atoms with E-state index in [1.165, 1.54) is 5.56 Å². The van der Waals surface area contributed by atoms with Gasteiger partial charge in [-0.05, 0) is 50.9 Å². The van der Waals surface area contributed by atoms with E-state index < -0.39 is 0 Å². The first-order valence-corrected chi connectivity index (χ1v) is 7.36. The summed E-state index contributed by atoms with van der Waals surface area (Å²) in [5.74, 6) is 0.865. The normalized spacial score (nSPS) is 12.4. The molecule has 114 valence electrons. The maximum atomic E-state index is 5.79. The lowest BCUT2D eigenvalue weighted by atomic mass is 10.0. The van der Waals surface area contributed by atoms with Crippen LogP contribution in [0.25, 0.3) is 0 Å². The van der Waals surface area contributed by atoms with E-state index in [4.69, 9.17) is 4.74 Å². The van der Waals surface area contributed by atoms with Crippen molar-refractivity contribution in [2.75, 3.05) is 6.54 Å². The smallest absolute Gasteiger partial charge is 0.145 e. The predicted molar refractivity (Wildman–Crippen MR) is 81.3 cm³/mol. The fourth-order valence-electron chi connectivity index (χ4n) is 2.11. The summed E-state index contributed by atoms with van der Waals surface area (Å²) in [5, 5.41) is 11.0. The number of aryl methyl sites for hydroxylation is 2. The molecule has 0 saturated heterocycles. The van der Waals surface area contributed by atoms with Gasteiger partial charge in [-0.3, -0.25) is 0 Å². The molecule has 5 nitrogen and oxygen atoms in total. The van der Waals surface area contributed by atoms with Gasteiger partial charge in [-0.15, -0.1) is 0 Å². The zero-order valence-corrected chi connectivity index (χ0v) is 13.1. The van der Waals surface area contributed by atoms with Gasteiger partial charge in [0.15, 0.2) is 0 Å². The van der Waals surface area contributed by atoms with Gasteiger partial charge in [-0.1, -0.05) is 29.4 Å². The molecule has 1 aromatic heterocycles. The lowest BCUT2D eigenvalue weighted by molar-refractivity contribution is 0.269. The van der Waals surface area contributed by atoms with E-state index in [1.807, 2.05) is 13.0 Å². The second-order valence-electron chi connectivity index (χ2n) is 5.29. The Bertz CT molecular complexity index is 581. The lowest BCUT2D eigenvalue weighted by Crippen LogP contribution is -2.19. The largest absolute Gasteiger partial charge is 0.487 e. The van der Waals surface area contributed by atoms with Gasteiger partial charge < -0.3 is 10.1 Å². The minimum absolute atomic E-state index is 0.347. The van der Waals surface area contributed by atoms with Gasteiger partial charge in [-0.25, -0.2) is 4.63 Å². The first-order valence-electron chi connectivity index (χ1n) is 7.36. The molecule has 0 bridgehead atoms. The van der Waals surface area contributed by atoms with Crippen LogP contribution < -0.4 is 10.1 Å². The molecule has 0 aliphatic rings. The molecule has 0 radical (unpaired) electrons. The van der Waals surface area contributed by atoms with Gasteiger partial charge in [0.25, 0.3) is 0 Å². The van der Waals surface area contributed by atoms with E-state index in [-0.39, 0.29) is 0 Å². The highest BCUT2D eigenvalue weighted by molar-refractivity contribution is 5.37. The van der Waals surface area contributed by atoms with Gasteiger partial charge in [0.05, 0.1) is 0 Å². The number of rotatable bonds is 7. The van der Waals surface area contributed by atoms with Crippen molar-refractivity contribution in [2.45, 2.75) is 46.8 Å². The molecule has 1 unspecified atom stereocenters.